The summed E-state index contributed by atoms with van der Waals surface area (Å²) in [6.07, 6.45) is 5.62. The van der Waals surface area contributed by atoms with E-state index in [-0.39, 0.29) is 12.0 Å². The van der Waals surface area contributed by atoms with Gasteiger partial charge in [-0.25, -0.2) is 0 Å². The van der Waals surface area contributed by atoms with Gasteiger partial charge in [0.05, 0.1) is 6.10 Å². The van der Waals surface area contributed by atoms with Crippen molar-refractivity contribution in [3.63, 3.8) is 0 Å². The molecule has 3 nitrogen and oxygen atoms in total. The Morgan fingerprint density at radius 1 is 1.42 bits per heavy atom. The van der Waals surface area contributed by atoms with Crippen molar-refractivity contribution in [3.8, 4) is 0 Å². The number of benzene rings is 1. The maximum atomic E-state index is 11.7. The Kier molecular flexibility index (Phi) is 5.00. The van der Waals surface area contributed by atoms with Gasteiger partial charge in [-0.2, -0.15) is 0 Å². The molecule has 0 aliphatic heterocycles. The van der Waals surface area contributed by atoms with E-state index in [1.807, 2.05) is 18.2 Å². The fraction of sp³-hybridized carbons (Fsp3) is 0.400. The number of rotatable bonds is 4. The van der Waals surface area contributed by atoms with Crippen molar-refractivity contribution in [3.05, 3.63) is 40.9 Å². The smallest absolute Gasteiger partial charge is 0.244 e. The summed E-state index contributed by atoms with van der Waals surface area (Å²) in [6.45, 7) is 0.628. The number of amides is 1. The third kappa shape index (κ3) is 4.37. The maximum Gasteiger partial charge on any atom is 0.244 e. The van der Waals surface area contributed by atoms with E-state index >= 15 is 0 Å². The van der Waals surface area contributed by atoms with Crippen LogP contribution in [0.3, 0.4) is 0 Å². The molecule has 1 fully saturated rings. The van der Waals surface area contributed by atoms with Crippen LogP contribution in [0.2, 0.25) is 5.02 Å². The Balaban J connectivity index is 1.80. The van der Waals surface area contributed by atoms with Crippen LogP contribution in [0.5, 0.6) is 0 Å². The Labute approximate surface area is 118 Å². The topological polar surface area (TPSA) is 49.3 Å². The van der Waals surface area contributed by atoms with Crippen LogP contribution < -0.4 is 5.32 Å². The summed E-state index contributed by atoms with van der Waals surface area (Å²) in [5, 5.41) is 12.9. The van der Waals surface area contributed by atoms with Gasteiger partial charge in [-0.1, -0.05) is 29.8 Å². The Bertz CT molecular complexity index is 473. The first-order valence-electron chi connectivity index (χ1n) is 6.53. The molecule has 4 heteroatoms. The SMILES string of the molecule is O=C(/C=C/c1ccccc1Cl)NCC1CCC(O)C1. The Morgan fingerprint density at radius 3 is 2.89 bits per heavy atom. The second-order valence-electron chi connectivity index (χ2n) is 4.93. The second-order valence-corrected chi connectivity index (χ2v) is 5.34. The summed E-state index contributed by atoms with van der Waals surface area (Å²) in [6, 6.07) is 7.38. The monoisotopic (exact) mass is 279 g/mol. The van der Waals surface area contributed by atoms with E-state index in [2.05, 4.69) is 5.32 Å². The van der Waals surface area contributed by atoms with E-state index in [4.69, 9.17) is 11.6 Å². The number of nitrogens with one attached hydrogen (secondary N) is 1. The molecule has 2 unspecified atom stereocenters. The third-order valence-corrected chi connectivity index (χ3v) is 3.74. The van der Waals surface area contributed by atoms with E-state index in [0.29, 0.717) is 17.5 Å². The summed E-state index contributed by atoms with van der Waals surface area (Å²) >= 11 is 5.99. The molecule has 1 aliphatic rings. The highest BCUT2D eigenvalue weighted by molar-refractivity contribution is 6.32. The van der Waals surface area contributed by atoms with Gasteiger partial charge in [0.1, 0.15) is 0 Å². The summed E-state index contributed by atoms with van der Waals surface area (Å²) in [4.78, 5) is 11.7. The molecular formula is C15H18ClNO2. The van der Waals surface area contributed by atoms with Crippen LogP contribution in [0, 0.1) is 5.92 Å². The van der Waals surface area contributed by atoms with Gasteiger partial charge in [-0.3, -0.25) is 4.79 Å². The molecule has 1 amide bonds. The van der Waals surface area contributed by atoms with Crippen LogP contribution in [0.25, 0.3) is 6.08 Å². The fourth-order valence-electron chi connectivity index (χ4n) is 2.31. The van der Waals surface area contributed by atoms with Crippen LogP contribution >= 0.6 is 11.6 Å². The molecule has 2 N–H and O–H groups in total. The number of halogens is 1. The van der Waals surface area contributed by atoms with Crippen LogP contribution in [-0.4, -0.2) is 23.7 Å². The standard InChI is InChI=1S/C15H18ClNO2/c16-14-4-2-1-3-12(14)6-8-15(19)17-10-11-5-7-13(18)9-11/h1-4,6,8,11,13,18H,5,7,9-10H2,(H,17,19)/b8-6+. The first-order valence-corrected chi connectivity index (χ1v) is 6.91. The van der Waals surface area contributed by atoms with Crippen LogP contribution in [0.1, 0.15) is 24.8 Å². The van der Waals surface area contributed by atoms with Crippen molar-refractivity contribution >= 4 is 23.6 Å². The zero-order valence-electron chi connectivity index (χ0n) is 10.7. The Hall–Kier alpha value is -1.32. The molecule has 102 valence electrons. The molecule has 1 saturated carbocycles. The molecule has 1 aromatic carbocycles. The number of aliphatic hydroxyl groups is 1. The van der Waals surface area contributed by atoms with Crippen molar-refractivity contribution in [1.82, 2.24) is 5.32 Å². The van der Waals surface area contributed by atoms with Crippen LogP contribution in [-0.2, 0) is 4.79 Å². The van der Waals surface area contributed by atoms with Crippen molar-refractivity contribution in [2.75, 3.05) is 6.54 Å². The third-order valence-electron chi connectivity index (χ3n) is 3.40. The normalized spacial score (nSPS) is 22.8. The molecule has 0 heterocycles. The lowest BCUT2D eigenvalue weighted by atomic mass is 10.1. The van der Waals surface area contributed by atoms with E-state index in [1.165, 1.54) is 6.08 Å². The van der Waals surface area contributed by atoms with E-state index in [9.17, 15) is 9.90 Å². The molecule has 0 spiro atoms. The Morgan fingerprint density at radius 2 is 2.21 bits per heavy atom. The first-order chi connectivity index (χ1) is 9.15. The van der Waals surface area contributed by atoms with Gasteiger partial charge in [0.25, 0.3) is 0 Å². The molecule has 2 atom stereocenters. The van der Waals surface area contributed by atoms with Gasteiger partial charge in [0.2, 0.25) is 5.91 Å². The first kappa shape index (κ1) is 14.1. The summed E-state index contributed by atoms with van der Waals surface area (Å²) in [7, 11) is 0. The minimum absolute atomic E-state index is 0.124. The van der Waals surface area contributed by atoms with Crippen LogP contribution in [0.15, 0.2) is 30.3 Å². The lowest BCUT2D eigenvalue weighted by molar-refractivity contribution is -0.116. The summed E-state index contributed by atoms with van der Waals surface area (Å²) in [5.74, 6) is 0.272. The van der Waals surface area contributed by atoms with Gasteiger partial charge in [0, 0.05) is 17.6 Å². The molecular weight excluding hydrogens is 262 g/mol. The van der Waals surface area contributed by atoms with Crippen molar-refractivity contribution < 1.29 is 9.90 Å². The van der Waals surface area contributed by atoms with E-state index < -0.39 is 0 Å². The summed E-state index contributed by atoms with van der Waals surface area (Å²) in [5.41, 5.74) is 0.829. The average Bonchev–Trinajstić information content (AvgIpc) is 2.81. The predicted molar refractivity (Wildman–Crippen MR) is 76.8 cm³/mol. The minimum atomic E-state index is -0.194. The number of carbonyl (C=O) groups is 1. The molecule has 1 aliphatic carbocycles. The molecule has 0 radical (unpaired) electrons. The molecule has 1 aromatic rings. The average molecular weight is 280 g/mol. The quantitative estimate of drug-likeness (QED) is 0.833. The zero-order valence-corrected chi connectivity index (χ0v) is 11.4. The maximum absolute atomic E-state index is 11.7. The number of hydrogen-bond acceptors (Lipinski definition) is 2. The molecule has 0 saturated heterocycles. The molecule has 19 heavy (non-hydrogen) atoms. The molecule has 0 aromatic heterocycles. The van der Waals surface area contributed by atoms with Crippen molar-refractivity contribution in [1.29, 1.82) is 0 Å². The van der Waals surface area contributed by atoms with Gasteiger partial charge >= 0.3 is 0 Å². The van der Waals surface area contributed by atoms with Gasteiger partial charge in [0.15, 0.2) is 0 Å². The number of aliphatic hydroxyl groups excluding tert-OH is 1. The van der Waals surface area contributed by atoms with E-state index in [0.717, 1.165) is 24.8 Å². The fourth-order valence-corrected chi connectivity index (χ4v) is 2.51. The molecule has 0 bridgehead atoms. The van der Waals surface area contributed by atoms with E-state index in [1.54, 1.807) is 12.1 Å². The zero-order chi connectivity index (χ0) is 13.7. The lowest BCUT2D eigenvalue weighted by Crippen LogP contribution is -2.26. The van der Waals surface area contributed by atoms with Gasteiger partial charge in [-0.05, 0) is 42.9 Å². The van der Waals surface area contributed by atoms with Gasteiger partial charge < -0.3 is 10.4 Å². The highest BCUT2D eigenvalue weighted by Crippen LogP contribution is 2.24. The lowest BCUT2D eigenvalue weighted by Gasteiger charge is -2.09. The van der Waals surface area contributed by atoms with Crippen molar-refractivity contribution in [2.24, 2.45) is 5.92 Å². The highest BCUT2D eigenvalue weighted by atomic mass is 35.5. The molecule has 2 rings (SSSR count). The predicted octanol–water partition coefficient (Wildman–Crippen LogP) is 2.63. The highest BCUT2D eigenvalue weighted by Gasteiger charge is 2.22. The number of carbonyl (C=O) groups excluding carboxylic acids is 1. The number of hydrogen-bond donors (Lipinski definition) is 2. The minimum Gasteiger partial charge on any atom is -0.393 e. The second kappa shape index (κ2) is 6.73. The largest absolute Gasteiger partial charge is 0.393 e. The van der Waals surface area contributed by atoms with Gasteiger partial charge in [-0.15, -0.1) is 0 Å². The van der Waals surface area contributed by atoms with Crippen molar-refractivity contribution in [2.45, 2.75) is 25.4 Å². The summed E-state index contributed by atoms with van der Waals surface area (Å²) < 4.78 is 0. The van der Waals surface area contributed by atoms with Crippen LogP contribution in [0.4, 0.5) is 0 Å².